The summed E-state index contributed by atoms with van der Waals surface area (Å²) in [7, 11) is 3.17. The molecule has 0 atom stereocenters. The maximum atomic E-state index is 13.3. The number of rotatable bonds is 6. The smallest absolute Gasteiger partial charge is 0.281 e. The summed E-state index contributed by atoms with van der Waals surface area (Å²) in [4.78, 5) is 23.8. The van der Waals surface area contributed by atoms with E-state index in [0.29, 0.717) is 28.5 Å². The van der Waals surface area contributed by atoms with Crippen molar-refractivity contribution >= 4 is 29.1 Å². The maximum absolute atomic E-state index is 13.3. The Morgan fingerprint density at radius 2 is 1.44 bits per heavy atom. The third-order valence-electron chi connectivity index (χ3n) is 4.97. The molecule has 0 unspecified atom stereocenters. The number of anilines is 1. The van der Waals surface area contributed by atoms with Crippen molar-refractivity contribution in [3.8, 4) is 11.5 Å². The molecule has 1 amide bonds. The first kappa shape index (κ1) is 20.8. The standard InChI is InChI=1S/C24H19N3O5/c1-31-20-11-3-16(4-12-20)15-22-23(17-5-13-21(32-2)14-6-17)25-26(24(22)28)18-7-9-19(10-8-18)27(29)30/h3-15H,1-2H3/b22-15-. The molecule has 4 rings (SSSR count). The third-order valence-corrected chi connectivity index (χ3v) is 4.97. The SMILES string of the molecule is COc1ccc(/C=C2\C(=O)N(c3ccc([N+](=O)[O-])cc3)N=C2c2ccc(OC)cc2)cc1. The summed E-state index contributed by atoms with van der Waals surface area (Å²) in [6.45, 7) is 0. The van der Waals surface area contributed by atoms with Gasteiger partial charge in [-0.3, -0.25) is 14.9 Å². The highest BCUT2D eigenvalue weighted by molar-refractivity contribution is 6.37. The lowest BCUT2D eigenvalue weighted by molar-refractivity contribution is -0.384. The molecule has 0 saturated carbocycles. The molecule has 0 radical (unpaired) electrons. The zero-order valence-electron chi connectivity index (χ0n) is 17.4. The number of amides is 1. The van der Waals surface area contributed by atoms with Crippen LogP contribution < -0.4 is 14.5 Å². The Morgan fingerprint density at radius 3 is 1.97 bits per heavy atom. The van der Waals surface area contributed by atoms with Crippen LogP contribution in [0, 0.1) is 10.1 Å². The van der Waals surface area contributed by atoms with Crippen molar-refractivity contribution in [2.75, 3.05) is 19.2 Å². The van der Waals surface area contributed by atoms with E-state index in [1.807, 2.05) is 36.4 Å². The fourth-order valence-electron chi connectivity index (χ4n) is 3.26. The number of nitrogens with zero attached hydrogens (tertiary/aromatic N) is 3. The van der Waals surface area contributed by atoms with Crippen molar-refractivity contribution in [1.29, 1.82) is 0 Å². The molecule has 8 heteroatoms. The summed E-state index contributed by atoms with van der Waals surface area (Å²) < 4.78 is 10.4. The summed E-state index contributed by atoms with van der Waals surface area (Å²) in [5, 5.41) is 16.8. The van der Waals surface area contributed by atoms with Crippen LogP contribution in [-0.4, -0.2) is 30.8 Å². The second-order valence-electron chi connectivity index (χ2n) is 6.90. The third kappa shape index (κ3) is 4.06. The van der Waals surface area contributed by atoms with Gasteiger partial charge in [0.05, 0.1) is 30.4 Å². The molecular weight excluding hydrogens is 410 g/mol. The Kier molecular flexibility index (Phi) is 5.67. The number of hydrogen-bond donors (Lipinski definition) is 0. The molecule has 8 nitrogen and oxygen atoms in total. The van der Waals surface area contributed by atoms with Gasteiger partial charge in [-0.05, 0) is 60.2 Å². The highest BCUT2D eigenvalue weighted by Crippen LogP contribution is 2.30. The van der Waals surface area contributed by atoms with Crippen molar-refractivity contribution in [2.24, 2.45) is 5.10 Å². The predicted molar refractivity (Wildman–Crippen MR) is 121 cm³/mol. The second kappa shape index (κ2) is 8.73. The molecule has 0 spiro atoms. The topological polar surface area (TPSA) is 94.3 Å². The molecule has 3 aromatic carbocycles. The molecule has 1 heterocycles. The van der Waals surface area contributed by atoms with Gasteiger partial charge in [-0.25, -0.2) is 0 Å². The number of nitro benzene ring substituents is 1. The molecular formula is C24H19N3O5. The highest BCUT2D eigenvalue weighted by atomic mass is 16.6. The monoisotopic (exact) mass is 429 g/mol. The van der Waals surface area contributed by atoms with E-state index in [2.05, 4.69) is 5.10 Å². The zero-order valence-corrected chi connectivity index (χ0v) is 17.4. The first-order valence-electron chi connectivity index (χ1n) is 9.68. The van der Waals surface area contributed by atoms with Crippen molar-refractivity contribution in [3.63, 3.8) is 0 Å². The van der Waals surface area contributed by atoms with Gasteiger partial charge in [-0.2, -0.15) is 10.1 Å². The molecule has 1 aliphatic heterocycles. The van der Waals surface area contributed by atoms with Crippen LogP contribution in [0.5, 0.6) is 11.5 Å². The van der Waals surface area contributed by atoms with Crippen LogP contribution in [-0.2, 0) is 4.79 Å². The molecule has 0 saturated heterocycles. The van der Waals surface area contributed by atoms with Crippen LogP contribution in [0.4, 0.5) is 11.4 Å². The van der Waals surface area contributed by atoms with Gasteiger partial charge in [-0.1, -0.05) is 12.1 Å². The van der Waals surface area contributed by atoms with E-state index >= 15 is 0 Å². The van der Waals surface area contributed by atoms with Crippen LogP contribution >= 0.6 is 0 Å². The largest absolute Gasteiger partial charge is 0.497 e. The lowest BCUT2D eigenvalue weighted by Crippen LogP contribution is -2.21. The van der Waals surface area contributed by atoms with Crippen LogP contribution in [0.15, 0.2) is 83.5 Å². The van der Waals surface area contributed by atoms with E-state index in [-0.39, 0.29) is 11.6 Å². The van der Waals surface area contributed by atoms with E-state index in [0.717, 1.165) is 11.1 Å². The van der Waals surface area contributed by atoms with Gasteiger partial charge in [0, 0.05) is 17.7 Å². The number of methoxy groups -OCH3 is 2. The lowest BCUT2D eigenvalue weighted by atomic mass is 10.00. The molecule has 0 aliphatic carbocycles. The zero-order chi connectivity index (χ0) is 22.7. The van der Waals surface area contributed by atoms with E-state index in [4.69, 9.17) is 9.47 Å². The quantitative estimate of drug-likeness (QED) is 0.328. The average Bonchev–Trinajstić information content (AvgIpc) is 3.15. The number of carbonyl (C=O) groups excluding carboxylic acids is 1. The highest BCUT2D eigenvalue weighted by Gasteiger charge is 2.32. The summed E-state index contributed by atoms with van der Waals surface area (Å²) in [6, 6.07) is 20.2. The minimum Gasteiger partial charge on any atom is -0.497 e. The Morgan fingerprint density at radius 1 is 0.875 bits per heavy atom. The van der Waals surface area contributed by atoms with Gasteiger partial charge in [0.25, 0.3) is 11.6 Å². The Hall–Kier alpha value is -4.46. The van der Waals surface area contributed by atoms with E-state index in [1.165, 1.54) is 29.3 Å². The molecule has 0 bridgehead atoms. The fourth-order valence-corrected chi connectivity index (χ4v) is 3.26. The van der Waals surface area contributed by atoms with Crippen LogP contribution in [0.25, 0.3) is 6.08 Å². The fraction of sp³-hybridized carbons (Fsp3) is 0.0833. The van der Waals surface area contributed by atoms with Gasteiger partial charge < -0.3 is 9.47 Å². The first-order valence-corrected chi connectivity index (χ1v) is 9.68. The van der Waals surface area contributed by atoms with E-state index in [1.54, 1.807) is 32.4 Å². The summed E-state index contributed by atoms with van der Waals surface area (Å²) >= 11 is 0. The molecule has 0 aromatic heterocycles. The van der Waals surface area contributed by atoms with Crippen molar-refractivity contribution in [2.45, 2.75) is 0 Å². The van der Waals surface area contributed by atoms with E-state index < -0.39 is 4.92 Å². The van der Waals surface area contributed by atoms with Gasteiger partial charge in [0.2, 0.25) is 0 Å². The summed E-state index contributed by atoms with van der Waals surface area (Å²) in [6.07, 6.45) is 1.76. The average molecular weight is 429 g/mol. The number of benzene rings is 3. The molecule has 160 valence electrons. The molecule has 0 fully saturated rings. The number of hydrazone groups is 1. The van der Waals surface area contributed by atoms with Gasteiger partial charge in [0.1, 0.15) is 17.2 Å². The van der Waals surface area contributed by atoms with Crippen LogP contribution in [0.1, 0.15) is 11.1 Å². The van der Waals surface area contributed by atoms with Crippen molar-refractivity contribution in [3.05, 3.63) is 99.6 Å². The summed E-state index contributed by atoms with van der Waals surface area (Å²) in [5.74, 6) is 1.06. The minimum absolute atomic E-state index is 0.0613. The first-order chi connectivity index (χ1) is 15.5. The molecule has 32 heavy (non-hydrogen) atoms. The van der Waals surface area contributed by atoms with Crippen molar-refractivity contribution in [1.82, 2.24) is 0 Å². The molecule has 1 aliphatic rings. The van der Waals surface area contributed by atoms with Gasteiger partial charge in [0.15, 0.2) is 0 Å². The Bertz CT molecular complexity index is 1210. The minimum atomic E-state index is -0.489. The number of carbonyl (C=O) groups is 1. The number of hydrogen-bond acceptors (Lipinski definition) is 6. The van der Waals surface area contributed by atoms with Gasteiger partial charge >= 0.3 is 0 Å². The van der Waals surface area contributed by atoms with E-state index in [9.17, 15) is 14.9 Å². The number of non-ortho nitro benzene ring substituents is 1. The number of ether oxygens (including phenoxy) is 2. The lowest BCUT2D eigenvalue weighted by Gasteiger charge is -2.11. The Balaban J connectivity index is 1.77. The molecule has 0 N–H and O–H groups in total. The molecule has 3 aromatic rings. The predicted octanol–water partition coefficient (Wildman–Crippen LogP) is 4.45. The van der Waals surface area contributed by atoms with Crippen LogP contribution in [0.2, 0.25) is 0 Å². The van der Waals surface area contributed by atoms with Gasteiger partial charge in [-0.15, -0.1) is 0 Å². The maximum Gasteiger partial charge on any atom is 0.281 e. The normalized spacial score (nSPS) is 14.4. The van der Waals surface area contributed by atoms with Crippen molar-refractivity contribution < 1.29 is 19.2 Å². The summed E-state index contributed by atoms with van der Waals surface area (Å²) in [5.41, 5.74) is 2.81. The van der Waals surface area contributed by atoms with Crippen LogP contribution in [0.3, 0.4) is 0 Å². The Labute approximate surface area is 184 Å². The second-order valence-corrected chi connectivity index (χ2v) is 6.90. The number of nitro groups is 1.